The quantitative estimate of drug-likeness (QED) is 0.0113. The number of anilines is 1. The molecular formula is C78H97ClN18O14. The van der Waals surface area contributed by atoms with Crippen molar-refractivity contribution < 1.29 is 67.4 Å². The number of hydrogen-bond donors (Lipinski definition) is 15. The maximum Gasteiger partial charge on any atom is 0.325 e. The van der Waals surface area contributed by atoms with E-state index < -0.39 is 138 Å². The summed E-state index contributed by atoms with van der Waals surface area (Å²) in [6, 6.07) is 20.3. The molecule has 1 aromatic heterocycles. The summed E-state index contributed by atoms with van der Waals surface area (Å²) in [6.07, 6.45) is 2.72. The zero-order valence-corrected chi connectivity index (χ0v) is 62.8. The number of carbonyl (C=O) groups excluding carboxylic acids is 12. The summed E-state index contributed by atoms with van der Waals surface area (Å²) in [7, 11) is 0. The Kier molecular flexibility index (Phi) is 30.2. The van der Waals surface area contributed by atoms with Crippen LogP contribution in [0.5, 0.6) is 0 Å². The zero-order chi connectivity index (χ0) is 79.8. The Bertz CT molecular complexity index is 4310. The lowest BCUT2D eigenvalue weighted by Gasteiger charge is -2.31. The van der Waals surface area contributed by atoms with E-state index in [2.05, 4.69) is 63.1 Å². The molecule has 0 saturated carbocycles. The number of aliphatic hydroxyl groups is 1. The highest BCUT2D eigenvalue weighted by molar-refractivity contribution is 6.30. The number of halogens is 1. The minimum absolute atomic E-state index is 0.00559. The summed E-state index contributed by atoms with van der Waals surface area (Å²) < 4.78 is 5.55. The lowest BCUT2D eigenvalue weighted by molar-refractivity contribution is -0.142. The van der Waals surface area contributed by atoms with Gasteiger partial charge in [0.2, 0.25) is 53.2 Å². The van der Waals surface area contributed by atoms with Gasteiger partial charge in [0, 0.05) is 87.9 Å². The molecule has 18 N–H and O–H groups in total. The number of morpholine rings is 1. The normalized spacial score (nSPS) is 17.1. The van der Waals surface area contributed by atoms with Crippen molar-refractivity contribution in [1.29, 1.82) is 5.41 Å². The molecule has 3 saturated heterocycles. The van der Waals surface area contributed by atoms with Gasteiger partial charge in [0.1, 0.15) is 60.4 Å². The molecule has 0 bridgehead atoms. The third-order valence-electron chi connectivity index (χ3n) is 19.3. The largest absolute Gasteiger partial charge is 0.394 e. The van der Waals surface area contributed by atoms with Gasteiger partial charge < -0.3 is 85.1 Å². The minimum Gasteiger partial charge on any atom is -0.394 e. The van der Waals surface area contributed by atoms with Gasteiger partial charge in [-0.3, -0.25) is 63.2 Å². The maximum absolute atomic E-state index is 15.4. The fourth-order valence-corrected chi connectivity index (χ4v) is 13.6. The summed E-state index contributed by atoms with van der Waals surface area (Å²) in [5.74, 6) is -9.18. The Morgan fingerprint density at radius 3 is 1.77 bits per heavy atom. The number of likely N-dealkylation sites (tertiary alicyclic amines) is 1. The number of benzene rings is 5. The Morgan fingerprint density at radius 2 is 1.17 bits per heavy atom. The predicted octanol–water partition coefficient (Wildman–Crippen LogP) is 1.20. The van der Waals surface area contributed by atoms with Crippen molar-refractivity contribution in [1.82, 2.24) is 67.5 Å². The number of rotatable bonds is 37. The molecule has 3 aliphatic heterocycles. The van der Waals surface area contributed by atoms with Crippen LogP contribution in [-0.4, -0.2) is 208 Å². The van der Waals surface area contributed by atoms with Crippen molar-refractivity contribution in [2.24, 2.45) is 23.1 Å². The molecular weight excluding hydrogens is 1450 g/mol. The van der Waals surface area contributed by atoms with Gasteiger partial charge in [-0.05, 0) is 119 Å². The van der Waals surface area contributed by atoms with Gasteiger partial charge in [-0.25, -0.2) is 14.5 Å². The van der Waals surface area contributed by atoms with E-state index in [0.717, 1.165) is 26.8 Å². The molecule has 14 amide bonds. The van der Waals surface area contributed by atoms with E-state index >= 15 is 14.4 Å². The van der Waals surface area contributed by atoms with E-state index in [9.17, 15) is 48.3 Å². The fraction of sp³-hybridized carbons (Fsp3) is 0.410. The number of nitrogens with zero attached hydrogens (tertiary/aromatic N) is 4. The van der Waals surface area contributed by atoms with Crippen molar-refractivity contribution in [3.63, 3.8) is 0 Å². The van der Waals surface area contributed by atoms with Crippen molar-refractivity contribution in [2.75, 3.05) is 51.3 Å². The number of guanidine groups is 1. The summed E-state index contributed by atoms with van der Waals surface area (Å²) >= 11 is 6.27. The number of aliphatic hydroxyl groups excluding tert-OH is 1. The molecule has 0 aliphatic carbocycles. The van der Waals surface area contributed by atoms with Gasteiger partial charge in [-0.1, -0.05) is 123 Å². The number of carbonyl (C=O) groups is 12. The molecule has 6 aromatic rings. The van der Waals surface area contributed by atoms with Crippen LogP contribution in [0.25, 0.3) is 10.8 Å². The molecule has 2 unspecified atom stereocenters. The Labute approximate surface area is 647 Å². The van der Waals surface area contributed by atoms with Crippen LogP contribution in [-0.2, 0) is 91.3 Å². The first-order chi connectivity index (χ1) is 53.2. The highest BCUT2D eigenvalue weighted by atomic mass is 35.5. The molecule has 5 aromatic carbocycles. The fourth-order valence-electron chi connectivity index (χ4n) is 13.4. The van der Waals surface area contributed by atoms with Gasteiger partial charge >= 0.3 is 12.1 Å². The number of pyridine rings is 1. The Hall–Kier alpha value is -11.6. The van der Waals surface area contributed by atoms with Crippen molar-refractivity contribution in [3.8, 4) is 0 Å². The number of hydrogen-bond acceptors (Lipinski definition) is 17. The van der Waals surface area contributed by atoms with E-state index in [0.29, 0.717) is 66.5 Å². The molecule has 3 fully saturated rings. The lowest BCUT2D eigenvalue weighted by Crippen LogP contribution is -2.61. The summed E-state index contributed by atoms with van der Waals surface area (Å²) in [5, 5.41) is 47.8. The van der Waals surface area contributed by atoms with E-state index in [4.69, 9.17) is 38.9 Å². The van der Waals surface area contributed by atoms with Gasteiger partial charge in [-0.2, -0.15) is 0 Å². The van der Waals surface area contributed by atoms with Crippen LogP contribution in [0.3, 0.4) is 0 Å². The second kappa shape index (κ2) is 40.2. The Morgan fingerprint density at radius 1 is 0.622 bits per heavy atom. The number of imide groups is 1. The molecule has 33 heteroatoms. The molecule has 0 radical (unpaired) electrons. The molecule has 3 aliphatic rings. The standard InChI is InChI=1S/C78H97ClN18O14/c1-45(2)35-58(67(100)88-57(12-7-29-85-76(81)82)74(107)96-30-8-13-64(96)72(105)86-46(3)66(80)99)89-68(101)59(37-47-14-16-50(17-15-47)43-95-31-33-111-34-32-95)90-69(102)60(38-48-21-26-56(27-22-48)87-77(83)109)91-71(104)63(44-98)93-70(103)61(40-52-9-6-28-84-42-52)92-73(106)65(41-49-19-24-55(79)25-20-49)97-75(108)62(94-78(97)110)39-51-18-23-53-10-4-5-11-54(53)36-51/h4-6,9-11,14-28,36,42,45-46,57-65,98H,7-8,12-13,29-35,37-41,43-44H2,1-3H3,(H2,80,99)(H,86,105)(H,88,100)(H,89,101)(H,90,102)(H,91,104)(H,92,106)(H,93,103)(H,94,110)(H4,81,82,85)(H3,83,87,109)/t46-,57+,58+,59-,60+,61-,62?,63+,64+,65?/m1/s1. The third-order valence-corrected chi connectivity index (χ3v) is 19.6. The van der Waals surface area contributed by atoms with Crippen LogP contribution in [0.2, 0.25) is 5.02 Å². The van der Waals surface area contributed by atoms with Crippen LogP contribution in [0.1, 0.15) is 86.3 Å². The topological polar surface area (TPSA) is 479 Å². The molecule has 111 heavy (non-hydrogen) atoms. The first kappa shape index (κ1) is 83.4. The number of nitrogens with one attached hydrogen (secondary N) is 11. The second-order valence-corrected chi connectivity index (χ2v) is 28.7. The summed E-state index contributed by atoms with van der Waals surface area (Å²) in [6.45, 7) is 7.28. The van der Waals surface area contributed by atoms with E-state index in [1.165, 1.54) is 48.5 Å². The van der Waals surface area contributed by atoms with Gasteiger partial charge in [0.05, 0.1) is 19.8 Å². The first-order valence-electron chi connectivity index (χ1n) is 36.9. The van der Waals surface area contributed by atoms with Crippen LogP contribution < -0.4 is 70.4 Å². The SMILES string of the molecule is CC(C)C[C@H](NC(=O)[C@@H](Cc1ccc(CN2CCOCC2)cc1)NC(=O)[C@H](Cc1ccc(NC(N)=O)cc1)NC(=O)[C@H](CO)NC(=O)[C@@H](Cc1cccnc1)NC(=O)C(Cc1ccc(Cl)cc1)N1C(=O)NC(Cc2ccc3ccccc3c2)C1=O)C(=O)N[C@@H](CCCNC(=N)N)C(=O)N1CCC[C@H]1C(=O)N[C@H](C)C(N)=O. The van der Waals surface area contributed by atoms with Crippen LogP contribution in [0, 0.1) is 11.3 Å². The second-order valence-electron chi connectivity index (χ2n) is 28.3. The highest BCUT2D eigenvalue weighted by Crippen LogP contribution is 2.25. The van der Waals surface area contributed by atoms with Crippen LogP contribution in [0.4, 0.5) is 15.3 Å². The zero-order valence-electron chi connectivity index (χ0n) is 62.0. The Balaban J connectivity index is 0.990. The monoisotopic (exact) mass is 1540 g/mol. The molecule has 0 spiro atoms. The average Bonchev–Trinajstić information content (AvgIpc) is 1.65. The molecule has 590 valence electrons. The van der Waals surface area contributed by atoms with Crippen molar-refractivity contribution >= 4 is 105 Å². The highest BCUT2D eigenvalue weighted by Gasteiger charge is 2.46. The van der Waals surface area contributed by atoms with Crippen LogP contribution >= 0.6 is 11.6 Å². The van der Waals surface area contributed by atoms with E-state index in [1.807, 2.05) is 54.6 Å². The summed E-state index contributed by atoms with van der Waals surface area (Å²) in [5.41, 5.74) is 20.2. The number of aromatic nitrogens is 1. The third kappa shape index (κ3) is 24.4. The number of primary amides is 2. The number of ether oxygens (including phenoxy) is 1. The molecule has 10 atom stereocenters. The molecule has 9 rings (SSSR count). The number of amides is 14. The average molecular weight is 1550 g/mol. The summed E-state index contributed by atoms with van der Waals surface area (Å²) in [4.78, 5) is 180. The molecule has 32 nitrogen and oxygen atoms in total. The molecule has 4 heterocycles. The van der Waals surface area contributed by atoms with Gasteiger partial charge in [0.25, 0.3) is 5.91 Å². The minimum atomic E-state index is -1.87. The smallest absolute Gasteiger partial charge is 0.325 e. The van der Waals surface area contributed by atoms with Crippen molar-refractivity contribution in [3.05, 3.63) is 178 Å². The number of urea groups is 2. The van der Waals surface area contributed by atoms with Crippen molar-refractivity contribution in [2.45, 2.75) is 152 Å². The van der Waals surface area contributed by atoms with Gasteiger partial charge in [0.15, 0.2) is 5.96 Å². The predicted molar refractivity (Wildman–Crippen MR) is 412 cm³/mol. The van der Waals surface area contributed by atoms with E-state index in [1.54, 1.807) is 62.4 Å². The van der Waals surface area contributed by atoms with Gasteiger partial charge in [-0.15, -0.1) is 0 Å². The number of nitrogens with two attached hydrogens (primary N) is 3. The first-order valence-corrected chi connectivity index (χ1v) is 37.3. The van der Waals surface area contributed by atoms with E-state index in [-0.39, 0.29) is 88.4 Å². The number of fused-ring (bicyclic) bond motifs is 1. The maximum atomic E-state index is 15.4. The van der Waals surface area contributed by atoms with Crippen LogP contribution in [0.15, 0.2) is 140 Å². The lowest BCUT2D eigenvalue weighted by atomic mass is 9.99.